The summed E-state index contributed by atoms with van der Waals surface area (Å²) >= 11 is 0. The van der Waals surface area contributed by atoms with Crippen molar-refractivity contribution in [3.8, 4) is 11.5 Å². The Kier molecular flexibility index (Phi) is 3.54. The van der Waals surface area contributed by atoms with Gasteiger partial charge in [0.15, 0.2) is 11.5 Å². The van der Waals surface area contributed by atoms with Gasteiger partial charge < -0.3 is 18.5 Å². The number of benzene rings is 1. The van der Waals surface area contributed by atoms with Gasteiger partial charge in [0, 0.05) is 18.3 Å². The minimum absolute atomic E-state index is 0.292. The number of hydrogen-bond acceptors (Lipinski definition) is 4. The smallest absolute Gasteiger partial charge is 0.231 e. The van der Waals surface area contributed by atoms with Crippen LogP contribution < -0.4 is 9.47 Å². The van der Waals surface area contributed by atoms with Gasteiger partial charge in [-0.05, 0) is 36.2 Å². The molecule has 0 radical (unpaired) electrons. The molecule has 0 saturated heterocycles. The van der Waals surface area contributed by atoms with E-state index in [2.05, 4.69) is 28.6 Å². The zero-order valence-corrected chi connectivity index (χ0v) is 12.9. The number of ether oxygens (including phenoxy) is 2. The number of aromatic nitrogens is 2. The number of rotatable bonds is 5. The van der Waals surface area contributed by atoms with Crippen LogP contribution in [0.3, 0.4) is 0 Å². The largest absolute Gasteiger partial charge is 0.467 e. The SMILES string of the molecule is CC(Cc1ccc2c(c1)OCO2)c1nccn1Cc1ccco1. The Balaban J connectivity index is 1.51. The highest BCUT2D eigenvalue weighted by atomic mass is 16.7. The van der Waals surface area contributed by atoms with Crippen molar-refractivity contribution in [3.05, 3.63) is 66.1 Å². The Labute approximate surface area is 134 Å². The van der Waals surface area contributed by atoms with Crippen molar-refractivity contribution < 1.29 is 13.9 Å². The molecule has 4 rings (SSSR count). The second-order valence-electron chi connectivity index (χ2n) is 5.79. The lowest BCUT2D eigenvalue weighted by Gasteiger charge is -2.14. The van der Waals surface area contributed by atoms with Gasteiger partial charge in [0.2, 0.25) is 6.79 Å². The predicted molar refractivity (Wildman–Crippen MR) is 84.7 cm³/mol. The third-order valence-electron chi connectivity index (χ3n) is 4.07. The molecule has 23 heavy (non-hydrogen) atoms. The van der Waals surface area contributed by atoms with Crippen LogP contribution in [0.15, 0.2) is 53.4 Å². The molecule has 118 valence electrons. The minimum atomic E-state index is 0.292. The molecule has 1 atom stereocenters. The van der Waals surface area contributed by atoms with E-state index in [9.17, 15) is 0 Å². The van der Waals surface area contributed by atoms with Crippen LogP contribution in [-0.2, 0) is 13.0 Å². The van der Waals surface area contributed by atoms with Crippen LogP contribution in [0.2, 0.25) is 0 Å². The maximum Gasteiger partial charge on any atom is 0.231 e. The van der Waals surface area contributed by atoms with Crippen LogP contribution in [0.5, 0.6) is 11.5 Å². The summed E-state index contributed by atoms with van der Waals surface area (Å²) in [6.45, 7) is 3.20. The molecule has 1 aromatic carbocycles. The molecule has 2 aromatic heterocycles. The molecule has 0 amide bonds. The van der Waals surface area contributed by atoms with Gasteiger partial charge in [-0.25, -0.2) is 4.98 Å². The number of fused-ring (bicyclic) bond motifs is 1. The maximum atomic E-state index is 5.45. The van der Waals surface area contributed by atoms with E-state index in [4.69, 9.17) is 13.9 Å². The van der Waals surface area contributed by atoms with E-state index >= 15 is 0 Å². The maximum absolute atomic E-state index is 5.45. The van der Waals surface area contributed by atoms with Crippen molar-refractivity contribution in [1.82, 2.24) is 9.55 Å². The summed E-state index contributed by atoms with van der Waals surface area (Å²) in [6.07, 6.45) is 6.43. The fraction of sp³-hybridized carbons (Fsp3) is 0.278. The molecule has 0 N–H and O–H groups in total. The lowest BCUT2D eigenvalue weighted by atomic mass is 10.00. The van der Waals surface area contributed by atoms with Crippen molar-refractivity contribution >= 4 is 0 Å². The van der Waals surface area contributed by atoms with Gasteiger partial charge in [-0.3, -0.25) is 0 Å². The monoisotopic (exact) mass is 310 g/mol. The average molecular weight is 310 g/mol. The molecular weight excluding hydrogens is 292 g/mol. The van der Waals surface area contributed by atoms with Crippen molar-refractivity contribution in [3.63, 3.8) is 0 Å². The number of hydrogen-bond donors (Lipinski definition) is 0. The van der Waals surface area contributed by atoms with Gasteiger partial charge in [0.25, 0.3) is 0 Å². The quantitative estimate of drug-likeness (QED) is 0.722. The first-order chi connectivity index (χ1) is 11.3. The van der Waals surface area contributed by atoms with Crippen molar-refractivity contribution in [2.45, 2.75) is 25.8 Å². The standard InChI is InChI=1S/C18H18N2O3/c1-13(9-14-4-5-16-17(10-14)23-12-22-16)18-19-6-7-20(18)11-15-3-2-8-21-15/h2-8,10,13H,9,11-12H2,1H3. The summed E-state index contributed by atoms with van der Waals surface area (Å²) in [5.41, 5.74) is 1.22. The van der Waals surface area contributed by atoms with Crippen molar-refractivity contribution in [2.75, 3.05) is 6.79 Å². The summed E-state index contributed by atoms with van der Waals surface area (Å²) in [7, 11) is 0. The van der Waals surface area contributed by atoms with Gasteiger partial charge in [0.05, 0.1) is 12.8 Å². The molecule has 1 aliphatic heterocycles. The summed E-state index contributed by atoms with van der Waals surface area (Å²) in [5, 5.41) is 0. The lowest BCUT2D eigenvalue weighted by Crippen LogP contribution is -2.09. The van der Waals surface area contributed by atoms with Crippen LogP contribution >= 0.6 is 0 Å². The van der Waals surface area contributed by atoms with Crippen LogP contribution in [0.25, 0.3) is 0 Å². The molecule has 0 saturated carbocycles. The first kappa shape index (κ1) is 13.9. The Hall–Kier alpha value is -2.69. The topological polar surface area (TPSA) is 49.4 Å². The first-order valence-corrected chi connectivity index (χ1v) is 7.71. The van der Waals surface area contributed by atoms with Crippen molar-refractivity contribution in [1.29, 1.82) is 0 Å². The third-order valence-corrected chi connectivity index (χ3v) is 4.07. The fourth-order valence-corrected chi connectivity index (χ4v) is 2.97. The molecule has 1 aliphatic rings. The van der Waals surface area contributed by atoms with E-state index in [1.807, 2.05) is 30.6 Å². The molecule has 5 nitrogen and oxygen atoms in total. The number of furan rings is 1. The van der Waals surface area contributed by atoms with Gasteiger partial charge in [-0.2, -0.15) is 0 Å². The van der Waals surface area contributed by atoms with Crippen LogP contribution in [-0.4, -0.2) is 16.3 Å². The highest BCUT2D eigenvalue weighted by Crippen LogP contribution is 2.33. The van der Waals surface area contributed by atoms with Gasteiger partial charge in [0.1, 0.15) is 11.6 Å². The third kappa shape index (κ3) is 2.82. The molecule has 0 bridgehead atoms. The second-order valence-corrected chi connectivity index (χ2v) is 5.79. The normalized spacial score (nSPS) is 14.1. The number of imidazole rings is 1. The Morgan fingerprint density at radius 2 is 2.13 bits per heavy atom. The molecule has 0 spiro atoms. The molecule has 3 aromatic rings. The first-order valence-electron chi connectivity index (χ1n) is 7.71. The van der Waals surface area contributed by atoms with Crippen molar-refractivity contribution in [2.24, 2.45) is 0 Å². The Morgan fingerprint density at radius 3 is 3.00 bits per heavy atom. The molecule has 3 heterocycles. The van der Waals surface area contributed by atoms with Gasteiger partial charge in [-0.15, -0.1) is 0 Å². The van der Waals surface area contributed by atoms with Crippen LogP contribution in [0.1, 0.15) is 30.0 Å². The second kappa shape index (κ2) is 5.83. The zero-order valence-electron chi connectivity index (χ0n) is 12.9. The zero-order chi connectivity index (χ0) is 15.6. The molecule has 0 fully saturated rings. The highest BCUT2D eigenvalue weighted by molar-refractivity contribution is 5.44. The van der Waals surface area contributed by atoms with Crippen LogP contribution in [0, 0.1) is 0 Å². The fourth-order valence-electron chi connectivity index (χ4n) is 2.97. The summed E-state index contributed by atoms with van der Waals surface area (Å²) in [4.78, 5) is 4.53. The van der Waals surface area contributed by atoms with Crippen LogP contribution in [0.4, 0.5) is 0 Å². The minimum Gasteiger partial charge on any atom is -0.467 e. The Morgan fingerprint density at radius 1 is 1.22 bits per heavy atom. The van der Waals surface area contributed by atoms with E-state index in [-0.39, 0.29) is 0 Å². The highest BCUT2D eigenvalue weighted by Gasteiger charge is 2.17. The number of nitrogens with zero attached hydrogens (tertiary/aromatic N) is 2. The van der Waals surface area contributed by atoms with E-state index in [0.717, 1.165) is 29.5 Å². The van der Waals surface area contributed by atoms with E-state index in [0.29, 0.717) is 19.3 Å². The summed E-state index contributed by atoms with van der Waals surface area (Å²) in [5.74, 6) is 3.92. The van der Waals surface area contributed by atoms with E-state index in [1.165, 1.54) is 5.56 Å². The molecular formula is C18H18N2O3. The van der Waals surface area contributed by atoms with E-state index < -0.39 is 0 Å². The molecule has 1 unspecified atom stereocenters. The predicted octanol–water partition coefficient (Wildman–Crippen LogP) is 3.60. The summed E-state index contributed by atoms with van der Waals surface area (Å²) in [6, 6.07) is 10.00. The van der Waals surface area contributed by atoms with E-state index in [1.54, 1.807) is 6.26 Å². The Bertz CT molecular complexity index is 792. The average Bonchev–Trinajstić information content (AvgIpc) is 3.28. The summed E-state index contributed by atoms with van der Waals surface area (Å²) < 4.78 is 18.4. The molecule has 0 aliphatic carbocycles. The van der Waals surface area contributed by atoms with Gasteiger partial charge >= 0.3 is 0 Å². The lowest BCUT2D eigenvalue weighted by molar-refractivity contribution is 0.174. The van der Waals surface area contributed by atoms with Gasteiger partial charge in [-0.1, -0.05) is 13.0 Å². The molecule has 5 heteroatoms.